The van der Waals surface area contributed by atoms with E-state index in [-0.39, 0.29) is 11.5 Å². The highest BCUT2D eigenvalue weighted by Crippen LogP contribution is 2.28. The molecule has 0 bridgehead atoms. The molecular weight excluding hydrogens is 322 g/mol. The molecule has 0 saturated carbocycles. The molecule has 3 aromatic rings. The van der Waals surface area contributed by atoms with Crippen molar-refractivity contribution < 1.29 is 4.79 Å². The van der Waals surface area contributed by atoms with Gasteiger partial charge in [0, 0.05) is 12.2 Å². The molecule has 5 nitrogen and oxygen atoms in total. The standard InChI is InChI=1S/C18H19N3O2S/c1-5-21-9-19-17-14(18(21)23)12(4)15(24-17)16(22)20-13-8-6-7-10(2)11(13)3/h6-9H,5H2,1-4H3,(H,20,22). The first kappa shape index (κ1) is 16.4. The monoisotopic (exact) mass is 341 g/mol. The zero-order valence-corrected chi connectivity index (χ0v) is 15.0. The molecular formula is C18H19N3O2S. The third-order valence-electron chi connectivity index (χ3n) is 4.32. The summed E-state index contributed by atoms with van der Waals surface area (Å²) in [6.07, 6.45) is 1.53. The van der Waals surface area contributed by atoms with E-state index in [1.165, 1.54) is 17.7 Å². The number of fused-ring (bicyclic) bond motifs is 1. The van der Waals surface area contributed by atoms with Gasteiger partial charge in [-0.2, -0.15) is 0 Å². The average Bonchev–Trinajstić information content (AvgIpc) is 2.90. The zero-order chi connectivity index (χ0) is 17.4. The van der Waals surface area contributed by atoms with Crippen molar-refractivity contribution in [2.45, 2.75) is 34.2 Å². The van der Waals surface area contributed by atoms with E-state index in [4.69, 9.17) is 0 Å². The van der Waals surface area contributed by atoms with Gasteiger partial charge in [-0.25, -0.2) is 4.98 Å². The second-order valence-electron chi connectivity index (χ2n) is 5.77. The van der Waals surface area contributed by atoms with Crippen LogP contribution in [-0.2, 0) is 6.54 Å². The van der Waals surface area contributed by atoms with Gasteiger partial charge in [0.05, 0.1) is 16.6 Å². The third-order valence-corrected chi connectivity index (χ3v) is 5.52. The number of carbonyl (C=O) groups excluding carboxylic acids is 1. The second-order valence-corrected chi connectivity index (χ2v) is 6.77. The Bertz CT molecular complexity index is 1000. The van der Waals surface area contributed by atoms with E-state index < -0.39 is 0 Å². The molecule has 0 aliphatic carbocycles. The van der Waals surface area contributed by atoms with Crippen molar-refractivity contribution >= 4 is 33.1 Å². The van der Waals surface area contributed by atoms with Crippen LogP contribution in [0.3, 0.4) is 0 Å². The smallest absolute Gasteiger partial charge is 0.266 e. The fraction of sp³-hybridized carbons (Fsp3) is 0.278. The van der Waals surface area contributed by atoms with E-state index in [0.29, 0.717) is 27.2 Å². The van der Waals surface area contributed by atoms with E-state index in [2.05, 4.69) is 10.3 Å². The molecule has 0 atom stereocenters. The van der Waals surface area contributed by atoms with Gasteiger partial charge in [0.25, 0.3) is 11.5 Å². The van der Waals surface area contributed by atoms with Gasteiger partial charge in [0.15, 0.2) is 0 Å². The number of hydrogen-bond donors (Lipinski definition) is 1. The van der Waals surface area contributed by atoms with Crippen LogP contribution < -0.4 is 10.9 Å². The number of anilines is 1. The lowest BCUT2D eigenvalue weighted by Crippen LogP contribution is -2.19. The Morgan fingerprint density at radius 3 is 2.71 bits per heavy atom. The van der Waals surface area contributed by atoms with Crippen molar-refractivity contribution in [3.8, 4) is 0 Å². The average molecular weight is 341 g/mol. The van der Waals surface area contributed by atoms with Crippen molar-refractivity contribution in [1.82, 2.24) is 9.55 Å². The van der Waals surface area contributed by atoms with Gasteiger partial charge in [-0.15, -0.1) is 11.3 Å². The molecule has 24 heavy (non-hydrogen) atoms. The number of nitrogens with one attached hydrogen (secondary N) is 1. The van der Waals surface area contributed by atoms with Crippen LogP contribution in [0.4, 0.5) is 5.69 Å². The van der Waals surface area contributed by atoms with Gasteiger partial charge in [0.1, 0.15) is 4.83 Å². The number of amides is 1. The summed E-state index contributed by atoms with van der Waals surface area (Å²) < 4.78 is 1.55. The number of aromatic nitrogens is 2. The summed E-state index contributed by atoms with van der Waals surface area (Å²) >= 11 is 1.26. The number of benzene rings is 1. The number of hydrogen-bond acceptors (Lipinski definition) is 4. The predicted molar refractivity (Wildman–Crippen MR) is 98.2 cm³/mol. The Morgan fingerprint density at radius 1 is 1.25 bits per heavy atom. The van der Waals surface area contributed by atoms with Gasteiger partial charge < -0.3 is 5.32 Å². The number of thiophene rings is 1. The van der Waals surface area contributed by atoms with Gasteiger partial charge >= 0.3 is 0 Å². The van der Waals surface area contributed by atoms with Crippen molar-refractivity contribution in [2.75, 3.05) is 5.32 Å². The van der Waals surface area contributed by atoms with E-state index in [9.17, 15) is 9.59 Å². The molecule has 1 aromatic carbocycles. The Hall–Kier alpha value is -2.47. The van der Waals surface area contributed by atoms with Crippen molar-refractivity contribution in [1.29, 1.82) is 0 Å². The zero-order valence-electron chi connectivity index (χ0n) is 14.1. The summed E-state index contributed by atoms with van der Waals surface area (Å²) in [5, 5.41) is 3.49. The molecule has 0 aliphatic heterocycles. The maximum Gasteiger partial charge on any atom is 0.266 e. The molecule has 0 fully saturated rings. The molecule has 124 valence electrons. The minimum absolute atomic E-state index is 0.0953. The Morgan fingerprint density at radius 2 is 2.00 bits per heavy atom. The van der Waals surface area contributed by atoms with Crippen LogP contribution in [0.15, 0.2) is 29.3 Å². The highest BCUT2D eigenvalue weighted by molar-refractivity contribution is 7.20. The Labute approximate surface area is 144 Å². The SMILES string of the molecule is CCn1cnc2sc(C(=O)Nc3cccc(C)c3C)c(C)c2c1=O. The molecule has 0 radical (unpaired) electrons. The molecule has 6 heteroatoms. The molecule has 3 rings (SSSR count). The van der Waals surface area contributed by atoms with Gasteiger partial charge in [-0.05, 0) is 50.5 Å². The summed E-state index contributed by atoms with van der Waals surface area (Å²) in [4.78, 5) is 30.6. The minimum Gasteiger partial charge on any atom is -0.321 e. The summed E-state index contributed by atoms with van der Waals surface area (Å²) in [5.74, 6) is -0.202. The van der Waals surface area contributed by atoms with Crippen molar-refractivity contribution in [3.05, 3.63) is 56.4 Å². The van der Waals surface area contributed by atoms with Crippen molar-refractivity contribution in [2.24, 2.45) is 0 Å². The lowest BCUT2D eigenvalue weighted by molar-refractivity contribution is 0.103. The van der Waals surface area contributed by atoms with Crippen LogP contribution in [0, 0.1) is 20.8 Å². The summed E-state index contributed by atoms with van der Waals surface area (Å²) in [6, 6.07) is 5.80. The van der Waals surface area contributed by atoms with Gasteiger partial charge in [0.2, 0.25) is 0 Å². The van der Waals surface area contributed by atoms with Gasteiger partial charge in [-0.3, -0.25) is 14.2 Å². The van der Waals surface area contributed by atoms with E-state index in [0.717, 1.165) is 16.8 Å². The molecule has 0 saturated heterocycles. The fourth-order valence-corrected chi connectivity index (χ4v) is 3.70. The highest BCUT2D eigenvalue weighted by Gasteiger charge is 2.19. The first-order valence-electron chi connectivity index (χ1n) is 7.80. The fourth-order valence-electron chi connectivity index (χ4n) is 2.67. The molecule has 2 heterocycles. The maximum atomic E-state index is 12.7. The number of carbonyl (C=O) groups is 1. The first-order valence-corrected chi connectivity index (χ1v) is 8.61. The quantitative estimate of drug-likeness (QED) is 0.791. The molecule has 0 unspecified atom stereocenters. The molecule has 1 N–H and O–H groups in total. The Kier molecular flexibility index (Phi) is 4.24. The maximum absolute atomic E-state index is 12.7. The lowest BCUT2D eigenvalue weighted by Gasteiger charge is -2.09. The summed E-state index contributed by atoms with van der Waals surface area (Å²) in [7, 11) is 0. The summed E-state index contributed by atoms with van der Waals surface area (Å²) in [6.45, 7) is 8.24. The van der Waals surface area contributed by atoms with Crippen molar-refractivity contribution in [3.63, 3.8) is 0 Å². The topological polar surface area (TPSA) is 64.0 Å². The largest absolute Gasteiger partial charge is 0.321 e. The lowest BCUT2D eigenvalue weighted by atomic mass is 10.1. The van der Waals surface area contributed by atoms with Crippen LogP contribution in [0.1, 0.15) is 33.3 Å². The summed E-state index contributed by atoms with van der Waals surface area (Å²) in [5.41, 5.74) is 3.54. The highest BCUT2D eigenvalue weighted by atomic mass is 32.1. The first-order chi connectivity index (χ1) is 11.4. The van der Waals surface area contributed by atoms with E-state index in [1.54, 1.807) is 11.5 Å². The van der Waals surface area contributed by atoms with Crippen LogP contribution in [-0.4, -0.2) is 15.5 Å². The molecule has 1 amide bonds. The molecule has 0 aliphatic rings. The predicted octanol–water partition coefficient (Wildman–Crippen LogP) is 3.66. The van der Waals surface area contributed by atoms with Crippen LogP contribution >= 0.6 is 11.3 Å². The minimum atomic E-state index is -0.202. The van der Waals surface area contributed by atoms with Gasteiger partial charge in [-0.1, -0.05) is 12.1 Å². The third kappa shape index (κ3) is 2.63. The number of rotatable bonds is 3. The Balaban J connectivity index is 2.05. The van der Waals surface area contributed by atoms with Crippen LogP contribution in [0.5, 0.6) is 0 Å². The molecule has 2 aromatic heterocycles. The number of nitrogens with zero attached hydrogens (tertiary/aromatic N) is 2. The second kappa shape index (κ2) is 6.20. The normalized spacial score (nSPS) is 11.0. The van der Waals surface area contributed by atoms with E-state index in [1.807, 2.05) is 39.0 Å². The molecule has 0 spiro atoms. The van der Waals surface area contributed by atoms with Crippen LogP contribution in [0.25, 0.3) is 10.2 Å². The van der Waals surface area contributed by atoms with Crippen LogP contribution in [0.2, 0.25) is 0 Å². The number of aryl methyl sites for hydroxylation is 3. The van der Waals surface area contributed by atoms with E-state index >= 15 is 0 Å².